The zero-order valence-electron chi connectivity index (χ0n) is 10.9. The van der Waals surface area contributed by atoms with Crippen LogP contribution in [0.2, 0.25) is 0 Å². The summed E-state index contributed by atoms with van der Waals surface area (Å²) in [6.45, 7) is 2.44. The van der Waals surface area contributed by atoms with Crippen molar-refractivity contribution in [3.63, 3.8) is 0 Å². The summed E-state index contributed by atoms with van der Waals surface area (Å²) < 4.78 is 0.525. The molecule has 0 aliphatic carbocycles. The van der Waals surface area contributed by atoms with Crippen molar-refractivity contribution in [3.8, 4) is 5.75 Å². The lowest BCUT2D eigenvalue weighted by Crippen LogP contribution is -2.40. The Balaban J connectivity index is 2.91. The van der Waals surface area contributed by atoms with Gasteiger partial charge in [-0.15, -0.1) is 0 Å². The van der Waals surface area contributed by atoms with Crippen LogP contribution >= 0.6 is 15.9 Å². The summed E-state index contributed by atoms with van der Waals surface area (Å²) in [5, 5.41) is 12.1. The van der Waals surface area contributed by atoms with Gasteiger partial charge in [-0.3, -0.25) is 9.59 Å². The van der Waals surface area contributed by atoms with E-state index < -0.39 is 0 Å². The van der Waals surface area contributed by atoms with Crippen LogP contribution in [0.4, 0.5) is 0 Å². The third kappa shape index (κ3) is 4.24. The van der Waals surface area contributed by atoms with Gasteiger partial charge in [-0.25, -0.2) is 0 Å². The Morgan fingerprint density at radius 3 is 2.63 bits per heavy atom. The average Bonchev–Trinajstić information content (AvgIpc) is 2.40. The molecule has 1 aromatic carbocycles. The minimum atomic E-state index is -0.270. The predicted molar refractivity (Wildman–Crippen MR) is 76.1 cm³/mol. The lowest BCUT2D eigenvalue weighted by Gasteiger charge is -2.21. The van der Waals surface area contributed by atoms with Gasteiger partial charge in [-0.2, -0.15) is 0 Å². The average molecular weight is 329 g/mol. The Bertz CT molecular complexity index is 477. The fourth-order valence-corrected chi connectivity index (χ4v) is 1.85. The highest BCUT2D eigenvalue weighted by molar-refractivity contribution is 9.10. The Hall–Kier alpha value is -1.56. The number of phenolic OH excluding ortho intramolecular Hbond substituents is 1. The second kappa shape index (κ2) is 7.13. The van der Waals surface area contributed by atoms with Crippen LogP contribution in [0, 0.1) is 0 Å². The number of nitrogens with one attached hydrogen (secondary N) is 1. The summed E-state index contributed by atoms with van der Waals surface area (Å²) in [6, 6.07) is 4.60. The zero-order valence-corrected chi connectivity index (χ0v) is 12.5. The highest BCUT2D eigenvalue weighted by atomic mass is 79.9. The minimum absolute atomic E-state index is 0.00208. The Morgan fingerprint density at radius 2 is 2.11 bits per heavy atom. The second-order valence-corrected chi connectivity index (χ2v) is 4.92. The zero-order chi connectivity index (χ0) is 14.4. The van der Waals surface area contributed by atoms with Crippen LogP contribution in [0.5, 0.6) is 5.75 Å². The van der Waals surface area contributed by atoms with Gasteiger partial charge in [0, 0.05) is 19.2 Å². The largest absolute Gasteiger partial charge is 0.507 e. The number of carbonyl (C=O) groups excluding carboxylic acids is 2. The number of amides is 2. The molecular formula is C13H17BrN2O3. The summed E-state index contributed by atoms with van der Waals surface area (Å²) in [5.41, 5.74) is 0.359. The van der Waals surface area contributed by atoms with Crippen molar-refractivity contribution in [1.29, 1.82) is 0 Å². The first-order valence-corrected chi connectivity index (χ1v) is 6.77. The molecule has 0 aliphatic heterocycles. The maximum Gasteiger partial charge on any atom is 0.254 e. The summed E-state index contributed by atoms with van der Waals surface area (Å²) in [4.78, 5) is 25.1. The molecule has 0 heterocycles. The maximum absolute atomic E-state index is 12.3. The van der Waals surface area contributed by atoms with E-state index in [2.05, 4.69) is 21.2 Å². The second-order valence-electron chi connectivity index (χ2n) is 4.07. The highest BCUT2D eigenvalue weighted by Gasteiger charge is 2.18. The first-order chi connectivity index (χ1) is 8.99. The van der Waals surface area contributed by atoms with Gasteiger partial charge in [0.2, 0.25) is 5.91 Å². The molecule has 0 unspecified atom stereocenters. The number of likely N-dealkylation sites (N-methyl/N-ethyl adjacent to an activating group) is 1. The van der Waals surface area contributed by atoms with Crippen molar-refractivity contribution in [3.05, 3.63) is 28.2 Å². The molecule has 0 saturated heterocycles. The van der Waals surface area contributed by atoms with E-state index in [-0.39, 0.29) is 24.1 Å². The molecule has 0 aliphatic rings. The summed E-state index contributed by atoms with van der Waals surface area (Å²) in [7, 11) is 1.53. The van der Waals surface area contributed by atoms with Crippen molar-refractivity contribution >= 4 is 27.7 Å². The Morgan fingerprint density at radius 1 is 1.42 bits per heavy atom. The number of nitrogens with zero attached hydrogens (tertiary/aromatic N) is 1. The Labute approximate surface area is 120 Å². The number of halogens is 1. The lowest BCUT2D eigenvalue weighted by atomic mass is 10.2. The van der Waals surface area contributed by atoms with E-state index in [4.69, 9.17) is 0 Å². The van der Waals surface area contributed by atoms with E-state index in [1.165, 1.54) is 18.0 Å². The number of carbonyl (C=O) groups is 2. The fourth-order valence-electron chi connectivity index (χ4n) is 1.60. The molecule has 2 amide bonds. The van der Waals surface area contributed by atoms with Gasteiger partial charge in [0.05, 0.1) is 11.0 Å². The molecule has 0 radical (unpaired) electrons. The van der Waals surface area contributed by atoms with E-state index in [1.807, 2.05) is 6.92 Å². The van der Waals surface area contributed by atoms with Gasteiger partial charge in [0.15, 0.2) is 0 Å². The minimum Gasteiger partial charge on any atom is -0.507 e. The monoisotopic (exact) mass is 328 g/mol. The number of hydrogen-bond acceptors (Lipinski definition) is 3. The first-order valence-electron chi connectivity index (χ1n) is 5.98. The SMILES string of the molecule is CCCN(CC(=O)NC)C(=O)c1ccc(Br)c(O)c1. The van der Waals surface area contributed by atoms with Crippen molar-refractivity contribution in [2.24, 2.45) is 0 Å². The van der Waals surface area contributed by atoms with E-state index in [9.17, 15) is 14.7 Å². The van der Waals surface area contributed by atoms with Crippen LogP contribution in [0.3, 0.4) is 0 Å². The van der Waals surface area contributed by atoms with Crippen molar-refractivity contribution < 1.29 is 14.7 Å². The van der Waals surface area contributed by atoms with E-state index >= 15 is 0 Å². The van der Waals surface area contributed by atoms with Gasteiger partial charge in [0.25, 0.3) is 5.91 Å². The van der Waals surface area contributed by atoms with Crippen LogP contribution in [0.15, 0.2) is 22.7 Å². The number of phenols is 1. The van der Waals surface area contributed by atoms with Crippen LogP contribution in [-0.2, 0) is 4.79 Å². The molecule has 0 bridgehead atoms. The van der Waals surface area contributed by atoms with E-state index in [1.54, 1.807) is 12.1 Å². The molecular weight excluding hydrogens is 312 g/mol. The third-order valence-electron chi connectivity index (χ3n) is 2.59. The molecule has 104 valence electrons. The summed E-state index contributed by atoms with van der Waals surface area (Å²) >= 11 is 3.16. The number of benzene rings is 1. The fraction of sp³-hybridized carbons (Fsp3) is 0.385. The maximum atomic E-state index is 12.3. The van der Waals surface area contributed by atoms with Crippen molar-refractivity contribution in [2.45, 2.75) is 13.3 Å². The molecule has 6 heteroatoms. The highest BCUT2D eigenvalue weighted by Crippen LogP contribution is 2.24. The quantitative estimate of drug-likeness (QED) is 0.865. The van der Waals surface area contributed by atoms with Gasteiger partial charge in [-0.05, 0) is 40.5 Å². The molecule has 19 heavy (non-hydrogen) atoms. The molecule has 0 fully saturated rings. The van der Waals surface area contributed by atoms with Crippen molar-refractivity contribution in [2.75, 3.05) is 20.1 Å². The summed E-state index contributed by atoms with van der Waals surface area (Å²) in [6.07, 6.45) is 0.755. The topological polar surface area (TPSA) is 69.6 Å². The first kappa shape index (κ1) is 15.5. The van der Waals surface area contributed by atoms with E-state index in [0.29, 0.717) is 16.6 Å². The molecule has 1 aromatic rings. The van der Waals surface area contributed by atoms with Gasteiger partial charge >= 0.3 is 0 Å². The normalized spacial score (nSPS) is 10.1. The van der Waals surface area contributed by atoms with Gasteiger partial charge in [0.1, 0.15) is 5.75 Å². The molecule has 0 atom stereocenters. The molecule has 0 aromatic heterocycles. The standard InChI is InChI=1S/C13H17BrN2O3/c1-3-6-16(8-12(18)15-2)13(19)9-4-5-10(14)11(17)7-9/h4-5,7,17H,3,6,8H2,1-2H3,(H,15,18). The predicted octanol–water partition coefficient (Wildman–Crippen LogP) is 1.75. The number of hydrogen-bond donors (Lipinski definition) is 2. The van der Waals surface area contributed by atoms with Gasteiger partial charge in [-0.1, -0.05) is 6.92 Å². The molecule has 1 rings (SSSR count). The molecule has 2 N–H and O–H groups in total. The smallest absolute Gasteiger partial charge is 0.254 e. The number of rotatable bonds is 5. The van der Waals surface area contributed by atoms with Crippen LogP contribution in [0.1, 0.15) is 23.7 Å². The van der Waals surface area contributed by atoms with Crippen LogP contribution in [0.25, 0.3) is 0 Å². The van der Waals surface area contributed by atoms with Gasteiger partial charge < -0.3 is 15.3 Å². The van der Waals surface area contributed by atoms with E-state index in [0.717, 1.165) is 6.42 Å². The lowest BCUT2D eigenvalue weighted by molar-refractivity contribution is -0.121. The number of aromatic hydroxyl groups is 1. The van der Waals surface area contributed by atoms with Crippen LogP contribution < -0.4 is 5.32 Å². The molecule has 5 nitrogen and oxygen atoms in total. The molecule has 0 saturated carbocycles. The van der Waals surface area contributed by atoms with Crippen molar-refractivity contribution in [1.82, 2.24) is 10.2 Å². The van der Waals surface area contributed by atoms with Crippen LogP contribution in [-0.4, -0.2) is 42.0 Å². The molecule has 0 spiro atoms. The summed E-state index contributed by atoms with van der Waals surface area (Å²) in [5.74, 6) is -0.487. The Kier molecular flexibility index (Phi) is 5.82. The third-order valence-corrected chi connectivity index (χ3v) is 3.26.